The van der Waals surface area contributed by atoms with E-state index in [9.17, 15) is 19.5 Å². The van der Waals surface area contributed by atoms with Gasteiger partial charge in [-0.25, -0.2) is 9.97 Å². The van der Waals surface area contributed by atoms with Gasteiger partial charge in [0.15, 0.2) is 5.82 Å². The molecule has 2 aliphatic heterocycles. The maximum Gasteiger partial charge on any atom is 0.257 e. The number of anilines is 2. The molecule has 9 nitrogen and oxygen atoms in total. The quantitative estimate of drug-likeness (QED) is 0.568. The molecule has 1 atom stereocenters. The summed E-state index contributed by atoms with van der Waals surface area (Å²) < 4.78 is 0. The summed E-state index contributed by atoms with van der Waals surface area (Å²) >= 11 is 0. The second-order valence-corrected chi connectivity index (χ2v) is 8.92. The number of para-hydroxylation sites is 1. The third kappa shape index (κ3) is 4.09. The van der Waals surface area contributed by atoms with Crippen LogP contribution < -0.4 is 10.2 Å². The first-order valence-corrected chi connectivity index (χ1v) is 11.5. The summed E-state index contributed by atoms with van der Waals surface area (Å²) in [5, 5.41) is 12.4. The molecule has 3 amide bonds. The van der Waals surface area contributed by atoms with Gasteiger partial charge in [0.2, 0.25) is 11.8 Å². The zero-order chi connectivity index (χ0) is 24.6. The number of amides is 3. The van der Waals surface area contributed by atoms with E-state index in [4.69, 9.17) is 0 Å². The minimum absolute atomic E-state index is 0.00403. The normalized spacial score (nSPS) is 18.9. The molecule has 0 bridgehead atoms. The number of carbonyl (C=O) groups is 3. The van der Waals surface area contributed by atoms with Gasteiger partial charge >= 0.3 is 0 Å². The van der Waals surface area contributed by atoms with Crippen molar-refractivity contribution < 1.29 is 19.5 Å². The number of aromatic nitrogens is 2. The summed E-state index contributed by atoms with van der Waals surface area (Å²) in [6.07, 6.45) is 4.61. The molecule has 3 heterocycles. The molecule has 0 saturated carbocycles. The molecule has 2 N–H and O–H groups in total. The molecule has 178 valence electrons. The Morgan fingerprint density at radius 3 is 2.66 bits per heavy atom. The van der Waals surface area contributed by atoms with Crippen LogP contribution in [0.15, 0.2) is 60.9 Å². The van der Waals surface area contributed by atoms with Crippen LogP contribution in [0, 0.1) is 0 Å². The van der Waals surface area contributed by atoms with E-state index in [1.165, 1.54) is 12.4 Å². The molecule has 9 heteroatoms. The first kappa shape index (κ1) is 22.5. The average molecular weight is 472 g/mol. The fraction of sp³-hybridized carbons (Fsp3) is 0.269. The molecular weight excluding hydrogens is 446 g/mol. The fourth-order valence-electron chi connectivity index (χ4n) is 4.85. The number of hydrogen-bond donors (Lipinski definition) is 2. The zero-order valence-corrected chi connectivity index (χ0v) is 19.3. The van der Waals surface area contributed by atoms with Crippen molar-refractivity contribution in [2.24, 2.45) is 0 Å². The summed E-state index contributed by atoms with van der Waals surface area (Å²) in [5.41, 5.74) is 1.57. The van der Waals surface area contributed by atoms with E-state index < -0.39 is 5.66 Å². The third-order valence-corrected chi connectivity index (χ3v) is 6.57. The first-order chi connectivity index (χ1) is 16.9. The Labute approximate surface area is 202 Å². The van der Waals surface area contributed by atoms with Gasteiger partial charge in [0, 0.05) is 24.9 Å². The molecule has 0 spiro atoms. The predicted octanol–water partition coefficient (Wildman–Crippen LogP) is 3.57. The number of benzene rings is 2. The van der Waals surface area contributed by atoms with Crippen LogP contribution in [0.1, 0.15) is 43.0 Å². The van der Waals surface area contributed by atoms with Crippen molar-refractivity contribution in [2.45, 2.75) is 38.3 Å². The largest absolute Gasteiger partial charge is 0.508 e. The number of fused-ring (bicyclic) bond motifs is 3. The van der Waals surface area contributed by atoms with Crippen LogP contribution in [0.3, 0.4) is 0 Å². The Morgan fingerprint density at radius 2 is 1.89 bits per heavy atom. The fourth-order valence-corrected chi connectivity index (χ4v) is 4.85. The van der Waals surface area contributed by atoms with Gasteiger partial charge in [0.25, 0.3) is 5.91 Å². The average Bonchev–Trinajstić information content (AvgIpc) is 3.16. The SMILES string of the molecule is CC12CCC(=O)N1c1ccccc1C(=O)N2CCCC(=O)Nc1cnc(-c2cccc(O)c2)nc1. The van der Waals surface area contributed by atoms with Gasteiger partial charge < -0.3 is 15.3 Å². The van der Waals surface area contributed by atoms with Crippen molar-refractivity contribution in [1.29, 1.82) is 0 Å². The van der Waals surface area contributed by atoms with Gasteiger partial charge in [-0.05, 0) is 44.0 Å². The van der Waals surface area contributed by atoms with E-state index in [0.29, 0.717) is 54.1 Å². The van der Waals surface area contributed by atoms with Crippen LogP contribution in [-0.2, 0) is 9.59 Å². The number of hydrogen-bond acceptors (Lipinski definition) is 6. The van der Waals surface area contributed by atoms with Crippen molar-refractivity contribution in [3.05, 3.63) is 66.5 Å². The Bertz CT molecular complexity index is 1310. The molecule has 1 fully saturated rings. The minimum Gasteiger partial charge on any atom is -0.508 e. The smallest absolute Gasteiger partial charge is 0.257 e. The molecular formula is C26H25N5O4. The van der Waals surface area contributed by atoms with Gasteiger partial charge in [-0.1, -0.05) is 24.3 Å². The number of nitrogens with zero attached hydrogens (tertiary/aromatic N) is 4. The Kier molecular flexibility index (Phi) is 5.68. The van der Waals surface area contributed by atoms with E-state index in [1.807, 2.05) is 19.1 Å². The van der Waals surface area contributed by atoms with Gasteiger partial charge in [-0.15, -0.1) is 0 Å². The molecule has 1 unspecified atom stereocenters. The monoisotopic (exact) mass is 471 g/mol. The highest BCUT2D eigenvalue weighted by Crippen LogP contribution is 2.44. The highest BCUT2D eigenvalue weighted by molar-refractivity contribution is 6.10. The van der Waals surface area contributed by atoms with Crippen LogP contribution in [0.4, 0.5) is 11.4 Å². The second kappa shape index (κ2) is 8.83. The van der Waals surface area contributed by atoms with E-state index in [2.05, 4.69) is 15.3 Å². The summed E-state index contributed by atoms with van der Waals surface area (Å²) in [6.45, 7) is 2.27. The molecule has 1 saturated heterocycles. The van der Waals surface area contributed by atoms with Gasteiger partial charge in [0.05, 0.1) is 29.3 Å². The van der Waals surface area contributed by atoms with E-state index in [1.54, 1.807) is 46.2 Å². The number of nitrogens with one attached hydrogen (secondary N) is 1. The van der Waals surface area contributed by atoms with Crippen LogP contribution in [0.5, 0.6) is 5.75 Å². The number of aromatic hydroxyl groups is 1. The molecule has 35 heavy (non-hydrogen) atoms. The maximum atomic E-state index is 13.3. The Balaban J connectivity index is 1.22. The Hall–Kier alpha value is -4.27. The summed E-state index contributed by atoms with van der Waals surface area (Å²) in [7, 11) is 0. The van der Waals surface area contributed by atoms with Gasteiger partial charge in [-0.2, -0.15) is 0 Å². The third-order valence-electron chi connectivity index (χ3n) is 6.57. The van der Waals surface area contributed by atoms with Crippen molar-refractivity contribution >= 4 is 29.1 Å². The lowest BCUT2D eigenvalue weighted by molar-refractivity contribution is -0.118. The lowest BCUT2D eigenvalue weighted by Gasteiger charge is -2.48. The second-order valence-electron chi connectivity index (χ2n) is 8.92. The topological polar surface area (TPSA) is 116 Å². The van der Waals surface area contributed by atoms with Crippen molar-refractivity contribution in [2.75, 3.05) is 16.8 Å². The van der Waals surface area contributed by atoms with Crippen molar-refractivity contribution in [3.63, 3.8) is 0 Å². The lowest BCUT2D eigenvalue weighted by atomic mass is 9.98. The standard InChI is InChI=1S/C26H25N5O4/c1-26-12-11-23(34)31(26)21-9-3-2-8-20(21)25(35)30(26)13-5-10-22(33)29-18-15-27-24(28-16-18)17-6-4-7-19(32)14-17/h2-4,6-9,14-16,32H,5,10-13H2,1H3,(H,29,33). The lowest BCUT2D eigenvalue weighted by Crippen LogP contribution is -2.62. The van der Waals surface area contributed by atoms with E-state index >= 15 is 0 Å². The molecule has 2 aliphatic rings. The molecule has 0 aliphatic carbocycles. The first-order valence-electron chi connectivity index (χ1n) is 11.5. The minimum atomic E-state index is -0.728. The molecule has 1 aromatic heterocycles. The Morgan fingerprint density at radius 1 is 1.11 bits per heavy atom. The highest BCUT2D eigenvalue weighted by atomic mass is 16.3. The number of phenols is 1. The summed E-state index contributed by atoms with van der Waals surface area (Å²) in [4.78, 5) is 50.4. The van der Waals surface area contributed by atoms with Crippen LogP contribution in [0.2, 0.25) is 0 Å². The van der Waals surface area contributed by atoms with Crippen LogP contribution >= 0.6 is 0 Å². The van der Waals surface area contributed by atoms with Gasteiger partial charge in [-0.3, -0.25) is 19.3 Å². The number of carbonyl (C=O) groups excluding carboxylic acids is 3. The van der Waals surface area contributed by atoms with Gasteiger partial charge in [0.1, 0.15) is 11.4 Å². The summed E-state index contributed by atoms with van der Waals surface area (Å²) in [5.74, 6) is 0.229. The molecule has 2 aromatic carbocycles. The van der Waals surface area contributed by atoms with E-state index in [0.717, 1.165) is 0 Å². The zero-order valence-electron chi connectivity index (χ0n) is 19.3. The van der Waals surface area contributed by atoms with Crippen molar-refractivity contribution in [1.82, 2.24) is 14.9 Å². The number of rotatable bonds is 6. The highest BCUT2D eigenvalue weighted by Gasteiger charge is 2.52. The molecule has 3 aromatic rings. The molecule has 0 radical (unpaired) electrons. The van der Waals surface area contributed by atoms with Crippen LogP contribution in [-0.4, -0.2) is 49.9 Å². The number of phenolic OH excluding ortho intramolecular Hbond substituents is 1. The predicted molar refractivity (Wildman–Crippen MR) is 130 cm³/mol. The van der Waals surface area contributed by atoms with E-state index in [-0.39, 0.29) is 29.9 Å². The molecule has 5 rings (SSSR count). The van der Waals surface area contributed by atoms with Crippen molar-refractivity contribution in [3.8, 4) is 17.1 Å². The van der Waals surface area contributed by atoms with Crippen LogP contribution in [0.25, 0.3) is 11.4 Å². The summed E-state index contributed by atoms with van der Waals surface area (Å²) in [6, 6.07) is 13.8. The maximum absolute atomic E-state index is 13.3.